The second-order valence-electron chi connectivity index (χ2n) is 10.5. The minimum absolute atomic E-state index is 0.0606. The van der Waals surface area contributed by atoms with Gasteiger partial charge in [-0.05, 0) is 46.5 Å². The van der Waals surface area contributed by atoms with Crippen molar-refractivity contribution in [1.29, 1.82) is 0 Å². The SMILES string of the molecule is C=CCCOC(=O)[C@@H]1[C@H]2C(=O)N([C@H](C)CO)C(C(=O)N(CC=C)C(C)(C)C)C23S[C@@H]1CC3C. The molecule has 33 heavy (non-hydrogen) atoms. The first-order chi connectivity index (χ1) is 15.5. The molecule has 2 amide bonds. The number of esters is 1. The van der Waals surface area contributed by atoms with Gasteiger partial charge in [-0.1, -0.05) is 19.1 Å². The van der Waals surface area contributed by atoms with E-state index in [2.05, 4.69) is 20.1 Å². The van der Waals surface area contributed by atoms with E-state index in [1.54, 1.807) is 40.6 Å². The predicted molar refractivity (Wildman–Crippen MR) is 129 cm³/mol. The molecule has 184 valence electrons. The van der Waals surface area contributed by atoms with Crippen molar-refractivity contribution in [3.63, 3.8) is 0 Å². The fourth-order valence-corrected chi connectivity index (χ4v) is 8.27. The van der Waals surface area contributed by atoms with Crippen LogP contribution in [0.15, 0.2) is 25.3 Å². The topological polar surface area (TPSA) is 87.1 Å². The number of ether oxygens (including phenoxy) is 1. The molecule has 3 fully saturated rings. The molecule has 3 rings (SSSR count). The maximum Gasteiger partial charge on any atom is 0.310 e. The normalized spacial score (nSPS) is 33.6. The zero-order chi connectivity index (χ0) is 24.7. The molecule has 8 heteroatoms. The number of nitrogens with zero attached hydrogens (tertiary/aromatic N) is 2. The van der Waals surface area contributed by atoms with Crippen LogP contribution in [0.1, 0.15) is 47.5 Å². The van der Waals surface area contributed by atoms with E-state index in [4.69, 9.17) is 4.74 Å². The van der Waals surface area contributed by atoms with Crippen molar-refractivity contribution in [3.8, 4) is 0 Å². The van der Waals surface area contributed by atoms with E-state index in [0.29, 0.717) is 13.0 Å². The molecule has 0 saturated carbocycles. The summed E-state index contributed by atoms with van der Waals surface area (Å²) in [6.07, 6.45) is 4.68. The summed E-state index contributed by atoms with van der Waals surface area (Å²) in [6, 6.07) is -1.30. The third-order valence-corrected chi connectivity index (χ3v) is 9.46. The maximum atomic E-state index is 14.2. The number of fused-ring (bicyclic) bond motifs is 1. The first kappa shape index (κ1) is 25.8. The van der Waals surface area contributed by atoms with Crippen molar-refractivity contribution in [2.75, 3.05) is 19.8 Å². The second kappa shape index (κ2) is 9.45. The molecule has 1 spiro atoms. The number of rotatable bonds is 9. The van der Waals surface area contributed by atoms with Crippen LogP contribution < -0.4 is 0 Å². The van der Waals surface area contributed by atoms with Gasteiger partial charge in [0.2, 0.25) is 11.8 Å². The summed E-state index contributed by atoms with van der Waals surface area (Å²) >= 11 is 1.61. The van der Waals surface area contributed by atoms with Crippen molar-refractivity contribution in [1.82, 2.24) is 9.80 Å². The van der Waals surface area contributed by atoms with Crippen molar-refractivity contribution in [3.05, 3.63) is 25.3 Å². The lowest BCUT2D eigenvalue weighted by Crippen LogP contribution is -2.61. The van der Waals surface area contributed by atoms with Crippen LogP contribution in [0.3, 0.4) is 0 Å². The van der Waals surface area contributed by atoms with Crippen molar-refractivity contribution < 1.29 is 24.2 Å². The summed E-state index contributed by atoms with van der Waals surface area (Å²) in [5, 5.41) is 9.93. The smallest absolute Gasteiger partial charge is 0.310 e. The largest absolute Gasteiger partial charge is 0.465 e. The molecule has 3 unspecified atom stereocenters. The van der Waals surface area contributed by atoms with Crippen molar-refractivity contribution >= 4 is 29.5 Å². The average molecular weight is 479 g/mol. The summed E-state index contributed by atoms with van der Waals surface area (Å²) in [4.78, 5) is 44.5. The number of carbonyl (C=O) groups excluding carboxylic acids is 3. The molecular weight excluding hydrogens is 440 g/mol. The molecule has 0 aliphatic carbocycles. The van der Waals surface area contributed by atoms with Gasteiger partial charge in [0.1, 0.15) is 6.04 Å². The predicted octanol–water partition coefficient (Wildman–Crippen LogP) is 2.64. The highest BCUT2D eigenvalue weighted by molar-refractivity contribution is 8.02. The van der Waals surface area contributed by atoms with E-state index in [1.165, 1.54) is 0 Å². The molecule has 2 bridgehead atoms. The van der Waals surface area contributed by atoms with E-state index >= 15 is 0 Å². The van der Waals surface area contributed by atoms with Crippen LogP contribution in [0.25, 0.3) is 0 Å². The number of likely N-dealkylation sites (tertiary alicyclic amines) is 1. The van der Waals surface area contributed by atoms with E-state index in [9.17, 15) is 19.5 Å². The fraction of sp³-hybridized carbons (Fsp3) is 0.720. The van der Waals surface area contributed by atoms with Crippen LogP contribution in [0, 0.1) is 17.8 Å². The van der Waals surface area contributed by atoms with Gasteiger partial charge in [0.25, 0.3) is 0 Å². The lowest BCUT2D eigenvalue weighted by Gasteiger charge is -2.44. The van der Waals surface area contributed by atoms with E-state index < -0.39 is 34.2 Å². The molecule has 7 nitrogen and oxygen atoms in total. The van der Waals surface area contributed by atoms with E-state index in [1.807, 2.05) is 20.8 Å². The summed E-state index contributed by atoms with van der Waals surface area (Å²) in [5.41, 5.74) is -0.481. The van der Waals surface area contributed by atoms with E-state index in [0.717, 1.165) is 6.42 Å². The third-order valence-electron chi connectivity index (χ3n) is 7.38. The highest BCUT2D eigenvalue weighted by Crippen LogP contribution is 2.69. The van der Waals surface area contributed by atoms with Crippen molar-refractivity contribution in [2.45, 2.75) is 75.1 Å². The summed E-state index contributed by atoms with van der Waals surface area (Å²) in [6.45, 7) is 17.5. The fourth-order valence-electron chi connectivity index (χ4n) is 5.88. The number of hydrogen-bond donors (Lipinski definition) is 1. The number of aliphatic hydroxyl groups is 1. The molecule has 3 saturated heterocycles. The number of aliphatic hydroxyl groups excluding tert-OH is 1. The summed E-state index contributed by atoms with van der Waals surface area (Å²) in [5.74, 6) is -1.91. The Bertz CT molecular complexity index is 824. The Balaban J connectivity index is 2.08. The minimum Gasteiger partial charge on any atom is -0.465 e. The van der Waals surface area contributed by atoms with Crippen molar-refractivity contribution in [2.24, 2.45) is 17.8 Å². The van der Waals surface area contributed by atoms with Crippen LogP contribution >= 0.6 is 11.8 Å². The number of amides is 2. The van der Waals surface area contributed by atoms with Crippen LogP contribution in [0.5, 0.6) is 0 Å². The molecule has 7 atom stereocenters. The quantitative estimate of drug-likeness (QED) is 0.311. The Hall–Kier alpha value is -1.80. The number of carbonyl (C=O) groups is 3. The van der Waals surface area contributed by atoms with E-state index in [-0.39, 0.29) is 42.2 Å². The minimum atomic E-state index is -0.757. The van der Waals surface area contributed by atoms with Gasteiger partial charge in [-0.2, -0.15) is 0 Å². The molecule has 0 radical (unpaired) electrons. The summed E-state index contributed by atoms with van der Waals surface area (Å²) < 4.78 is 4.79. The van der Waals surface area contributed by atoms with Gasteiger partial charge in [-0.15, -0.1) is 24.9 Å². The van der Waals surface area contributed by atoms with Gasteiger partial charge in [-0.3, -0.25) is 14.4 Å². The maximum absolute atomic E-state index is 14.2. The van der Waals surface area contributed by atoms with Gasteiger partial charge >= 0.3 is 5.97 Å². The third kappa shape index (κ3) is 4.03. The Morgan fingerprint density at radius 3 is 2.58 bits per heavy atom. The lowest BCUT2D eigenvalue weighted by atomic mass is 9.66. The highest BCUT2D eigenvalue weighted by atomic mass is 32.2. The lowest BCUT2D eigenvalue weighted by molar-refractivity contribution is -0.154. The molecule has 3 aliphatic rings. The summed E-state index contributed by atoms with van der Waals surface area (Å²) in [7, 11) is 0. The Morgan fingerprint density at radius 1 is 1.36 bits per heavy atom. The first-order valence-corrected chi connectivity index (χ1v) is 12.7. The Morgan fingerprint density at radius 2 is 2.03 bits per heavy atom. The van der Waals surface area contributed by atoms with Gasteiger partial charge in [-0.25, -0.2) is 0 Å². The highest BCUT2D eigenvalue weighted by Gasteiger charge is 2.77. The number of hydrogen-bond acceptors (Lipinski definition) is 6. The van der Waals surface area contributed by atoms with Gasteiger partial charge in [0.15, 0.2) is 0 Å². The number of thioether (sulfide) groups is 1. The van der Waals surface area contributed by atoms with Crippen LogP contribution in [0.4, 0.5) is 0 Å². The van der Waals surface area contributed by atoms with Gasteiger partial charge in [0.05, 0.1) is 35.8 Å². The van der Waals surface area contributed by atoms with Gasteiger partial charge < -0.3 is 19.6 Å². The average Bonchev–Trinajstić information content (AvgIpc) is 3.34. The molecule has 3 aliphatic heterocycles. The molecule has 0 aromatic rings. The zero-order valence-corrected chi connectivity index (χ0v) is 21.3. The molecular formula is C25H38N2O5S. The Kier molecular flexibility index (Phi) is 7.39. The molecule has 0 aromatic heterocycles. The van der Waals surface area contributed by atoms with Crippen LogP contribution in [0.2, 0.25) is 0 Å². The second-order valence-corrected chi connectivity index (χ2v) is 12.0. The first-order valence-electron chi connectivity index (χ1n) is 11.8. The standard InChI is InChI=1S/C25H38N2O5S/c1-8-10-12-32-23(31)18-17-13-15(3)25(33-17)19(18)21(29)27(16(4)14-28)20(25)22(30)26(11-9-2)24(5,6)7/h8-9,15-20,28H,1-2,10-14H2,3-7H3/t15?,16-,17-,18+,19+,20?,25?/m1/s1. The van der Waals surface area contributed by atoms with Gasteiger partial charge in [0, 0.05) is 17.3 Å². The monoisotopic (exact) mass is 478 g/mol. The zero-order valence-electron chi connectivity index (χ0n) is 20.5. The Labute approximate surface area is 201 Å². The molecule has 0 aromatic carbocycles. The van der Waals surface area contributed by atoms with Crippen LogP contribution in [-0.4, -0.2) is 80.1 Å². The molecule has 1 N–H and O–H groups in total. The van der Waals surface area contributed by atoms with Crippen LogP contribution in [-0.2, 0) is 19.1 Å². The molecule has 3 heterocycles.